The number of carbonyl (C=O) groups excluding carboxylic acids is 1. The molecule has 34 heavy (non-hydrogen) atoms. The van der Waals surface area contributed by atoms with Gasteiger partial charge < -0.3 is 24.2 Å². The van der Waals surface area contributed by atoms with Gasteiger partial charge in [0.05, 0.1) is 17.8 Å². The molecule has 1 aliphatic carbocycles. The Kier molecular flexibility index (Phi) is 7.16. The van der Waals surface area contributed by atoms with Gasteiger partial charge in [0.15, 0.2) is 11.6 Å². The molecule has 1 saturated carbocycles. The molecule has 1 aliphatic heterocycles. The number of likely N-dealkylation sites (tertiary alicyclic amines) is 1. The van der Waals surface area contributed by atoms with Crippen LogP contribution in [0.5, 0.6) is 17.5 Å². The molecule has 0 bridgehead atoms. The molecule has 1 aromatic carbocycles. The van der Waals surface area contributed by atoms with Gasteiger partial charge in [0.25, 0.3) is 0 Å². The number of benzene rings is 1. The quantitative estimate of drug-likeness (QED) is 0.608. The van der Waals surface area contributed by atoms with Crippen LogP contribution in [0, 0.1) is 11.6 Å². The van der Waals surface area contributed by atoms with Gasteiger partial charge in [-0.2, -0.15) is 0 Å². The van der Waals surface area contributed by atoms with Crippen LogP contribution >= 0.6 is 0 Å². The van der Waals surface area contributed by atoms with E-state index in [1.54, 1.807) is 4.90 Å². The number of aliphatic hydroxyl groups is 1. The van der Waals surface area contributed by atoms with E-state index in [4.69, 9.17) is 14.2 Å². The molecule has 2 aliphatic rings. The first kappa shape index (κ1) is 24.1. The molecule has 1 unspecified atom stereocenters. The Balaban J connectivity index is 1.49. The summed E-state index contributed by atoms with van der Waals surface area (Å²) < 4.78 is 46.0. The minimum absolute atomic E-state index is 0.108. The standard InChI is InChI=1S/C24H29F2N3O5/c1-13(2)32-24(31)29-8-6-16(7-9-29)33-22-21(15-4-5-15)23(28-12-27-22)34-20-11-18(25)17(14(3)30)10-19(20)26/h10-16,30H,4-9H2,1-3H3. The fourth-order valence-corrected chi connectivity index (χ4v) is 3.90. The van der Waals surface area contributed by atoms with Gasteiger partial charge in [0.2, 0.25) is 11.8 Å². The first-order valence-electron chi connectivity index (χ1n) is 11.5. The van der Waals surface area contributed by atoms with E-state index in [1.807, 2.05) is 13.8 Å². The summed E-state index contributed by atoms with van der Waals surface area (Å²) in [7, 11) is 0. The van der Waals surface area contributed by atoms with Gasteiger partial charge in [-0.05, 0) is 45.6 Å². The summed E-state index contributed by atoms with van der Waals surface area (Å²) >= 11 is 0. The third kappa shape index (κ3) is 5.55. The minimum atomic E-state index is -1.15. The van der Waals surface area contributed by atoms with Crippen molar-refractivity contribution in [2.24, 2.45) is 0 Å². The zero-order chi connectivity index (χ0) is 24.4. The topological polar surface area (TPSA) is 94.0 Å². The van der Waals surface area contributed by atoms with E-state index in [9.17, 15) is 18.7 Å². The molecular formula is C24H29F2N3O5. The lowest BCUT2D eigenvalue weighted by Gasteiger charge is -2.32. The van der Waals surface area contributed by atoms with Crippen LogP contribution < -0.4 is 9.47 Å². The van der Waals surface area contributed by atoms with Crippen LogP contribution in [0.2, 0.25) is 0 Å². The van der Waals surface area contributed by atoms with Crippen LogP contribution in [0.15, 0.2) is 18.5 Å². The van der Waals surface area contributed by atoms with E-state index in [0.717, 1.165) is 25.0 Å². The maximum Gasteiger partial charge on any atom is 0.410 e. The van der Waals surface area contributed by atoms with Crippen molar-refractivity contribution < 1.29 is 32.9 Å². The number of amides is 1. The molecule has 2 heterocycles. The van der Waals surface area contributed by atoms with Crippen LogP contribution in [-0.2, 0) is 4.74 Å². The van der Waals surface area contributed by atoms with Crippen LogP contribution in [-0.4, -0.2) is 51.4 Å². The summed E-state index contributed by atoms with van der Waals surface area (Å²) in [5.41, 5.74) is 0.478. The molecule has 2 fully saturated rings. The maximum atomic E-state index is 14.6. The van der Waals surface area contributed by atoms with E-state index >= 15 is 0 Å². The van der Waals surface area contributed by atoms with Gasteiger partial charge in [-0.25, -0.2) is 23.5 Å². The minimum Gasteiger partial charge on any atom is -0.474 e. The second kappa shape index (κ2) is 10.1. The summed E-state index contributed by atoms with van der Waals surface area (Å²) in [6, 6.07) is 1.82. The third-order valence-electron chi connectivity index (χ3n) is 5.82. The fourth-order valence-electron chi connectivity index (χ4n) is 3.90. The predicted molar refractivity (Wildman–Crippen MR) is 118 cm³/mol. The Bertz CT molecular complexity index is 1040. The van der Waals surface area contributed by atoms with Crippen LogP contribution in [0.4, 0.5) is 13.6 Å². The van der Waals surface area contributed by atoms with Crippen LogP contribution in [0.3, 0.4) is 0 Å². The zero-order valence-electron chi connectivity index (χ0n) is 19.5. The van der Waals surface area contributed by atoms with Gasteiger partial charge in [0.1, 0.15) is 18.2 Å². The van der Waals surface area contributed by atoms with E-state index in [0.29, 0.717) is 37.4 Å². The lowest BCUT2D eigenvalue weighted by atomic mass is 10.1. The highest BCUT2D eigenvalue weighted by atomic mass is 19.1. The van der Waals surface area contributed by atoms with Crippen molar-refractivity contribution in [3.63, 3.8) is 0 Å². The molecule has 184 valence electrons. The monoisotopic (exact) mass is 477 g/mol. The van der Waals surface area contributed by atoms with Gasteiger partial charge in [-0.15, -0.1) is 0 Å². The van der Waals surface area contributed by atoms with Crippen molar-refractivity contribution in [1.82, 2.24) is 14.9 Å². The highest BCUT2D eigenvalue weighted by Crippen LogP contribution is 2.48. The van der Waals surface area contributed by atoms with Gasteiger partial charge in [-0.1, -0.05) is 0 Å². The molecule has 1 aromatic heterocycles. The summed E-state index contributed by atoms with van der Waals surface area (Å²) in [5, 5.41) is 9.60. The Morgan fingerprint density at radius 3 is 2.35 bits per heavy atom. The Morgan fingerprint density at radius 2 is 1.74 bits per heavy atom. The number of piperidine rings is 1. The normalized spacial score (nSPS) is 17.6. The number of hydrogen-bond donors (Lipinski definition) is 1. The summed E-state index contributed by atoms with van der Waals surface area (Å²) in [6.07, 6.45) is 2.44. The lowest BCUT2D eigenvalue weighted by Crippen LogP contribution is -2.42. The van der Waals surface area contributed by atoms with E-state index in [1.165, 1.54) is 13.3 Å². The lowest BCUT2D eigenvalue weighted by molar-refractivity contribution is 0.0504. The molecule has 10 heteroatoms. The molecule has 4 rings (SSSR count). The highest BCUT2D eigenvalue weighted by Gasteiger charge is 2.34. The Labute approximate surface area is 196 Å². The smallest absolute Gasteiger partial charge is 0.410 e. The highest BCUT2D eigenvalue weighted by molar-refractivity contribution is 5.67. The molecule has 0 radical (unpaired) electrons. The molecule has 2 aromatic rings. The van der Waals surface area contributed by atoms with Crippen molar-refractivity contribution in [1.29, 1.82) is 0 Å². The van der Waals surface area contributed by atoms with Crippen molar-refractivity contribution in [3.05, 3.63) is 41.2 Å². The zero-order valence-corrected chi connectivity index (χ0v) is 19.5. The average Bonchev–Trinajstić information content (AvgIpc) is 3.61. The number of hydrogen-bond acceptors (Lipinski definition) is 7. The summed E-state index contributed by atoms with van der Waals surface area (Å²) in [5.74, 6) is -1.32. The summed E-state index contributed by atoms with van der Waals surface area (Å²) in [6.45, 7) is 5.98. The van der Waals surface area contributed by atoms with Crippen LogP contribution in [0.1, 0.15) is 69.6 Å². The number of nitrogens with zero attached hydrogens (tertiary/aromatic N) is 3. The van der Waals surface area contributed by atoms with Gasteiger partial charge in [0, 0.05) is 37.6 Å². The molecule has 0 spiro atoms. The SMILES string of the molecule is CC(C)OC(=O)N1CCC(Oc2ncnc(Oc3cc(F)c(C(C)O)cc3F)c2C2CC2)CC1. The van der Waals surface area contributed by atoms with Gasteiger partial charge in [-0.3, -0.25) is 0 Å². The average molecular weight is 478 g/mol. The molecule has 1 atom stereocenters. The Morgan fingerprint density at radius 1 is 1.06 bits per heavy atom. The molecular weight excluding hydrogens is 448 g/mol. The predicted octanol–water partition coefficient (Wildman–Crippen LogP) is 4.87. The van der Waals surface area contributed by atoms with Gasteiger partial charge >= 0.3 is 6.09 Å². The number of halogens is 2. The van der Waals surface area contributed by atoms with Crippen LogP contribution in [0.25, 0.3) is 0 Å². The molecule has 1 amide bonds. The number of rotatable bonds is 7. The Hall–Kier alpha value is -3.01. The molecule has 1 saturated heterocycles. The molecule has 8 nitrogen and oxygen atoms in total. The van der Waals surface area contributed by atoms with E-state index in [-0.39, 0.29) is 41.4 Å². The first-order valence-corrected chi connectivity index (χ1v) is 11.5. The summed E-state index contributed by atoms with van der Waals surface area (Å²) in [4.78, 5) is 22.2. The first-order chi connectivity index (χ1) is 16.2. The second-order valence-corrected chi connectivity index (χ2v) is 8.99. The van der Waals surface area contributed by atoms with Crippen molar-refractivity contribution in [2.75, 3.05) is 13.1 Å². The fraction of sp³-hybridized carbons (Fsp3) is 0.542. The number of aromatic nitrogens is 2. The second-order valence-electron chi connectivity index (χ2n) is 8.99. The van der Waals surface area contributed by atoms with Crippen molar-refractivity contribution >= 4 is 6.09 Å². The van der Waals surface area contributed by atoms with Crippen molar-refractivity contribution in [2.45, 2.75) is 70.7 Å². The maximum absolute atomic E-state index is 14.6. The number of aliphatic hydroxyl groups excluding tert-OH is 1. The largest absolute Gasteiger partial charge is 0.474 e. The van der Waals surface area contributed by atoms with E-state index < -0.39 is 17.7 Å². The third-order valence-corrected chi connectivity index (χ3v) is 5.82. The molecule has 1 N–H and O–H groups in total. The number of ether oxygens (including phenoxy) is 3. The number of carbonyl (C=O) groups is 1. The van der Waals surface area contributed by atoms with E-state index in [2.05, 4.69) is 9.97 Å². The van der Waals surface area contributed by atoms with Crippen molar-refractivity contribution in [3.8, 4) is 17.5 Å².